The molecule has 0 aromatic heterocycles. The van der Waals surface area contributed by atoms with Crippen LogP contribution in [0.1, 0.15) is 18.4 Å². The number of para-hydroxylation sites is 1. The average molecular weight is 294 g/mol. The van der Waals surface area contributed by atoms with E-state index in [-0.39, 0.29) is 0 Å². The van der Waals surface area contributed by atoms with Crippen molar-refractivity contribution < 1.29 is 9.47 Å². The SMILES string of the molecule is COC1CCN(CCCOc2ccccc2C(N)=S)C1. The van der Waals surface area contributed by atoms with E-state index < -0.39 is 0 Å². The Morgan fingerprint density at radius 2 is 2.25 bits per heavy atom. The largest absolute Gasteiger partial charge is 0.493 e. The van der Waals surface area contributed by atoms with Gasteiger partial charge in [-0.15, -0.1) is 0 Å². The highest BCUT2D eigenvalue weighted by Gasteiger charge is 2.21. The number of hydrogen-bond acceptors (Lipinski definition) is 4. The summed E-state index contributed by atoms with van der Waals surface area (Å²) in [5.74, 6) is 0.774. The second-order valence-corrected chi connectivity index (χ2v) is 5.45. The van der Waals surface area contributed by atoms with Gasteiger partial charge in [-0.2, -0.15) is 0 Å². The molecule has 1 aliphatic rings. The summed E-state index contributed by atoms with van der Waals surface area (Å²) in [5.41, 5.74) is 6.49. The van der Waals surface area contributed by atoms with Gasteiger partial charge in [0, 0.05) is 26.7 Å². The van der Waals surface area contributed by atoms with Crippen LogP contribution >= 0.6 is 12.2 Å². The predicted molar refractivity (Wildman–Crippen MR) is 84.3 cm³/mol. The zero-order chi connectivity index (χ0) is 14.4. The second kappa shape index (κ2) is 7.57. The van der Waals surface area contributed by atoms with Crippen LogP contribution in [0.4, 0.5) is 0 Å². The molecule has 0 saturated carbocycles. The topological polar surface area (TPSA) is 47.7 Å². The third-order valence-corrected chi connectivity index (χ3v) is 3.81. The minimum absolute atomic E-state index is 0.378. The number of ether oxygens (including phenoxy) is 2. The minimum atomic E-state index is 0.378. The van der Waals surface area contributed by atoms with Crippen molar-refractivity contribution in [2.24, 2.45) is 5.73 Å². The van der Waals surface area contributed by atoms with E-state index in [2.05, 4.69) is 4.90 Å². The monoisotopic (exact) mass is 294 g/mol. The third-order valence-electron chi connectivity index (χ3n) is 3.59. The molecule has 1 heterocycles. The molecule has 0 spiro atoms. The van der Waals surface area contributed by atoms with Gasteiger partial charge in [-0.05, 0) is 25.0 Å². The molecule has 2 N–H and O–H groups in total. The van der Waals surface area contributed by atoms with Crippen molar-refractivity contribution in [3.05, 3.63) is 29.8 Å². The quantitative estimate of drug-likeness (QED) is 0.614. The van der Waals surface area contributed by atoms with Crippen LogP contribution in [0.3, 0.4) is 0 Å². The number of likely N-dealkylation sites (tertiary alicyclic amines) is 1. The Morgan fingerprint density at radius 3 is 2.95 bits per heavy atom. The lowest BCUT2D eigenvalue weighted by atomic mass is 10.2. The zero-order valence-corrected chi connectivity index (χ0v) is 12.7. The minimum Gasteiger partial charge on any atom is -0.493 e. The van der Waals surface area contributed by atoms with Crippen LogP contribution < -0.4 is 10.5 Å². The van der Waals surface area contributed by atoms with Gasteiger partial charge in [0.1, 0.15) is 10.7 Å². The number of methoxy groups -OCH3 is 1. The van der Waals surface area contributed by atoms with Crippen molar-refractivity contribution in [3.8, 4) is 5.75 Å². The summed E-state index contributed by atoms with van der Waals surface area (Å²) in [6.45, 7) is 3.85. The average Bonchev–Trinajstić information content (AvgIpc) is 2.92. The molecular weight excluding hydrogens is 272 g/mol. The number of thiocarbonyl (C=S) groups is 1. The summed E-state index contributed by atoms with van der Waals surface area (Å²) in [5, 5.41) is 0. The zero-order valence-electron chi connectivity index (χ0n) is 11.9. The maximum absolute atomic E-state index is 5.79. The lowest BCUT2D eigenvalue weighted by molar-refractivity contribution is 0.107. The standard InChI is InChI=1S/C15H22N2O2S/c1-18-12-7-9-17(11-12)8-4-10-19-14-6-3-2-5-13(14)15(16)20/h2-3,5-6,12H,4,7-11H2,1H3,(H2,16,20). The molecule has 20 heavy (non-hydrogen) atoms. The number of nitrogens with zero attached hydrogens (tertiary/aromatic N) is 1. The molecule has 110 valence electrons. The summed E-state index contributed by atoms with van der Waals surface area (Å²) in [7, 11) is 1.78. The van der Waals surface area contributed by atoms with Crippen molar-refractivity contribution >= 4 is 17.2 Å². The van der Waals surface area contributed by atoms with Gasteiger partial charge in [-0.25, -0.2) is 0 Å². The third kappa shape index (κ3) is 4.16. The Hall–Kier alpha value is -1.17. The normalized spacial score (nSPS) is 19.1. The Kier molecular flexibility index (Phi) is 5.76. The van der Waals surface area contributed by atoms with Gasteiger partial charge in [0.15, 0.2) is 0 Å². The summed E-state index contributed by atoms with van der Waals surface area (Å²) in [6.07, 6.45) is 2.51. The first-order chi connectivity index (χ1) is 9.70. The van der Waals surface area contributed by atoms with Gasteiger partial charge < -0.3 is 20.1 Å². The van der Waals surface area contributed by atoms with Crippen molar-refractivity contribution in [3.63, 3.8) is 0 Å². The Balaban J connectivity index is 1.73. The van der Waals surface area contributed by atoms with E-state index in [1.165, 1.54) is 0 Å². The first-order valence-corrected chi connectivity index (χ1v) is 7.38. The molecule has 0 radical (unpaired) electrons. The fourth-order valence-electron chi connectivity index (χ4n) is 2.46. The highest BCUT2D eigenvalue weighted by molar-refractivity contribution is 7.80. The van der Waals surface area contributed by atoms with E-state index >= 15 is 0 Å². The van der Waals surface area contributed by atoms with Crippen molar-refractivity contribution in [2.45, 2.75) is 18.9 Å². The second-order valence-electron chi connectivity index (χ2n) is 5.01. The van der Waals surface area contributed by atoms with E-state index in [4.69, 9.17) is 27.4 Å². The van der Waals surface area contributed by atoms with Crippen LogP contribution in [0.2, 0.25) is 0 Å². The molecule has 1 atom stereocenters. The fraction of sp³-hybridized carbons (Fsp3) is 0.533. The van der Waals surface area contributed by atoms with E-state index in [0.29, 0.717) is 17.7 Å². The number of hydrogen-bond donors (Lipinski definition) is 1. The summed E-state index contributed by atoms with van der Waals surface area (Å²) in [6, 6.07) is 7.64. The fourth-order valence-corrected chi connectivity index (χ4v) is 2.63. The van der Waals surface area contributed by atoms with Gasteiger partial charge in [0.05, 0.1) is 18.3 Å². The maximum Gasteiger partial charge on any atom is 0.129 e. The van der Waals surface area contributed by atoms with Gasteiger partial charge >= 0.3 is 0 Å². The van der Waals surface area contributed by atoms with Crippen LogP contribution in [-0.4, -0.2) is 49.3 Å². The van der Waals surface area contributed by atoms with Gasteiger partial charge in [0.25, 0.3) is 0 Å². The van der Waals surface area contributed by atoms with E-state index in [1.54, 1.807) is 7.11 Å². The van der Waals surface area contributed by atoms with Crippen LogP contribution in [0, 0.1) is 0 Å². The van der Waals surface area contributed by atoms with Crippen LogP contribution in [0.5, 0.6) is 5.75 Å². The lowest BCUT2D eigenvalue weighted by Gasteiger charge is -2.16. The molecular formula is C15H22N2O2S. The molecule has 1 unspecified atom stereocenters. The molecule has 0 amide bonds. The number of rotatable bonds is 7. The molecule has 2 rings (SSSR count). The smallest absolute Gasteiger partial charge is 0.129 e. The molecule has 0 bridgehead atoms. The highest BCUT2D eigenvalue weighted by Crippen LogP contribution is 2.18. The number of benzene rings is 1. The van der Waals surface area contributed by atoms with Gasteiger partial charge in [-0.1, -0.05) is 24.4 Å². The van der Waals surface area contributed by atoms with E-state index in [9.17, 15) is 0 Å². The van der Waals surface area contributed by atoms with Crippen LogP contribution in [-0.2, 0) is 4.74 Å². The van der Waals surface area contributed by atoms with E-state index in [1.807, 2.05) is 24.3 Å². The van der Waals surface area contributed by atoms with Crippen molar-refractivity contribution in [1.82, 2.24) is 4.90 Å². The Morgan fingerprint density at radius 1 is 1.45 bits per heavy atom. The predicted octanol–water partition coefficient (Wildman–Crippen LogP) is 1.81. The van der Waals surface area contributed by atoms with Crippen LogP contribution in [0.15, 0.2) is 24.3 Å². The van der Waals surface area contributed by atoms with Crippen LogP contribution in [0.25, 0.3) is 0 Å². The molecule has 1 aromatic rings. The van der Waals surface area contributed by atoms with Crippen molar-refractivity contribution in [2.75, 3.05) is 33.4 Å². The molecule has 4 nitrogen and oxygen atoms in total. The first kappa shape index (κ1) is 15.2. The van der Waals surface area contributed by atoms with E-state index in [0.717, 1.165) is 43.8 Å². The lowest BCUT2D eigenvalue weighted by Crippen LogP contribution is -2.25. The molecule has 5 heteroatoms. The molecule has 1 aromatic carbocycles. The van der Waals surface area contributed by atoms with Crippen molar-refractivity contribution in [1.29, 1.82) is 0 Å². The Bertz CT molecular complexity index is 453. The molecule has 1 aliphatic heterocycles. The molecule has 0 aliphatic carbocycles. The highest BCUT2D eigenvalue weighted by atomic mass is 32.1. The summed E-state index contributed by atoms with van der Waals surface area (Å²) < 4.78 is 11.1. The number of nitrogens with two attached hydrogens (primary N) is 1. The summed E-state index contributed by atoms with van der Waals surface area (Å²) >= 11 is 5.02. The van der Waals surface area contributed by atoms with Gasteiger partial charge in [0.2, 0.25) is 0 Å². The summed E-state index contributed by atoms with van der Waals surface area (Å²) in [4.78, 5) is 2.79. The Labute approximate surface area is 125 Å². The molecule has 1 fully saturated rings. The molecule has 1 saturated heterocycles. The first-order valence-electron chi connectivity index (χ1n) is 6.97. The maximum atomic E-state index is 5.79. The van der Waals surface area contributed by atoms with Gasteiger partial charge in [-0.3, -0.25) is 0 Å².